The van der Waals surface area contributed by atoms with Gasteiger partial charge in [-0.05, 0) is 42.5 Å². The van der Waals surface area contributed by atoms with Gasteiger partial charge in [0.05, 0.1) is 24.9 Å². The van der Waals surface area contributed by atoms with E-state index in [9.17, 15) is 9.90 Å². The van der Waals surface area contributed by atoms with E-state index in [0.717, 1.165) is 16.0 Å². The van der Waals surface area contributed by atoms with E-state index in [-0.39, 0.29) is 23.7 Å². The summed E-state index contributed by atoms with van der Waals surface area (Å²) in [6.07, 6.45) is 1.78. The summed E-state index contributed by atoms with van der Waals surface area (Å²) in [7, 11) is 0. The second-order valence-corrected chi connectivity index (χ2v) is 9.17. The fourth-order valence-corrected chi connectivity index (χ4v) is 4.61. The predicted molar refractivity (Wildman–Crippen MR) is 144 cm³/mol. The first-order valence-corrected chi connectivity index (χ1v) is 12.2. The summed E-state index contributed by atoms with van der Waals surface area (Å²) >= 11 is 0. The number of nitrogen functional groups attached to an aromatic ring is 1. The maximum Gasteiger partial charge on any atom is 0.413 e. The van der Waals surface area contributed by atoms with Crippen LogP contribution in [0.15, 0.2) is 54.9 Å². The number of pyridine rings is 2. The van der Waals surface area contributed by atoms with Gasteiger partial charge in [0.2, 0.25) is 5.88 Å². The molecule has 4 N–H and O–H groups in total. The van der Waals surface area contributed by atoms with Gasteiger partial charge in [0.25, 0.3) is 0 Å². The van der Waals surface area contributed by atoms with Gasteiger partial charge >= 0.3 is 6.09 Å². The third-order valence-corrected chi connectivity index (χ3v) is 6.59. The van der Waals surface area contributed by atoms with Crippen LogP contribution in [0.4, 0.5) is 26.4 Å². The third-order valence-electron chi connectivity index (χ3n) is 6.59. The Balaban J connectivity index is 1.48. The van der Waals surface area contributed by atoms with Crippen molar-refractivity contribution in [2.24, 2.45) is 0 Å². The Morgan fingerprint density at radius 2 is 2.03 bits per heavy atom. The van der Waals surface area contributed by atoms with E-state index in [1.165, 1.54) is 6.20 Å². The Morgan fingerprint density at radius 1 is 1.24 bits per heavy atom. The van der Waals surface area contributed by atoms with Crippen LogP contribution in [0.25, 0.3) is 21.9 Å². The van der Waals surface area contributed by atoms with Crippen molar-refractivity contribution in [3.8, 4) is 17.0 Å². The van der Waals surface area contributed by atoms with Crippen LogP contribution in [0.5, 0.6) is 5.88 Å². The molecule has 0 aliphatic carbocycles. The molecule has 1 aliphatic heterocycles. The molecule has 0 radical (unpaired) electrons. The van der Waals surface area contributed by atoms with Crippen LogP contribution in [0.1, 0.15) is 18.1 Å². The average Bonchev–Trinajstić information content (AvgIpc) is 2.92. The highest BCUT2D eigenvalue weighted by molar-refractivity contribution is 5.99. The summed E-state index contributed by atoms with van der Waals surface area (Å²) in [6, 6.07) is 12.3. The highest BCUT2D eigenvalue weighted by atomic mass is 19.1. The second-order valence-electron chi connectivity index (χ2n) is 9.17. The number of fused-ring (bicyclic) bond motifs is 2. The van der Waals surface area contributed by atoms with Crippen molar-refractivity contribution < 1.29 is 23.8 Å². The molecule has 0 bridgehead atoms. The largest absolute Gasteiger partial charge is 0.474 e. The van der Waals surface area contributed by atoms with Crippen molar-refractivity contribution in [1.82, 2.24) is 9.97 Å². The van der Waals surface area contributed by atoms with Crippen LogP contribution in [-0.4, -0.2) is 47.0 Å². The summed E-state index contributed by atoms with van der Waals surface area (Å²) < 4.78 is 26.8. The number of ether oxygens (including phenoxy) is 2. The molecule has 0 saturated carbocycles. The molecule has 38 heavy (non-hydrogen) atoms. The lowest BCUT2D eigenvalue weighted by Gasteiger charge is -2.26. The van der Waals surface area contributed by atoms with Crippen LogP contribution in [0.2, 0.25) is 0 Å². The zero-order valence-electron chi connectivity index (χ0n) is 21.1. The van der Waals surface area contributed by atoms with Gasteiger partial charge in [-0.2, -0.15) is 0 Å². The first kappa shape index (κ1) is 25.2. The number of nitrogens with one attached hydrogen (secondary N) is 1. The molecule has 0 saturated heterocycles. The van der Waals surface area contributed by atoms with E-state index >= 15 is 4.39 Å². The van der Waals surface area contributed by atoms with E-state index < -0.39 is 18.0 Å². The quantitative estimate of drug-likeness (QED) is 0.285. The zero-order chi connectivity index (χ0) is 26.8. The van der Waals surface area contributed by atoms with Gasteiger partial charge < -0.3 is 25.6 Å². The molecule has 1 unspecified atom stereocenters. The number of rotatable bonds is 7. The second kappa shape index (κ2) is 10.5. The molecule has 3 heterocycles. The Bertz CT molecular complexity index is 1500. The van der Waals surface area contributed by atoms with E-state index in [2.05, 4.69) is 15.3 Å². The van der Waals surface area contributed by atoms with E-state index in [1.54, 1.807) is 25.3 Å². The first-order valence-electron chi connectivity index (χ1n) is 12.2. The number of hydrogen-bond donors (Lipinski definition) is 3. The van der Waals surface area contributed by atoms with E-state index in [4.69, 9.17) is 15.2 Å². The van der Waals surface area contributed by atoms with Crippen molar-refractivity contribution in [2.75, 3.05) is 35.7 Å². The Kier molecular flexibility index (Phi) is 6.97. The normalized spacial score (nSPS) is 13.3. The minimum atomic E-state index is -1.18. The zero-order valence-corrected chi connectivity index (χ0v) is 21.1. The lowest BCUT2D eigenvalue weighted by molar-refractivity contribution is 0.107. The Hall–Kier alpha value is -4.44. The summed E-state index contributed by atoms with van der Waals surface area (Å²) in [6.45, 7) is 5.24. The maximum absolute atomic E-state index is 15.5. The van der Waals surface area contributed by atoms with Gasteiger partial charge in [-0.25, -0.2) is 19.2 Å². The molecule has 2 aromatic carbocycles. The summed E-state index contributed by atoms with van der Waals surface area (Å²) in [5, 5.41) is 14.2. The van der Waals surface area contributed by atoms with Crippen molar-refractivity contribution in [3.05, 3.63) is 71.8 Å². The summed E-state index contributed by atoms with van der Waals surface area (Å²) in [4.78, 5) is 22.0. The molecule has 9 nitrogen and oxygen atoms in total. The molecule has 0 spiro atoms. The third kappa shape index (κ3) is 4.78. The summed E-state index contributed by atoms with van der Waals surface area (Å²) in [5.41, 5.74) is 9.41. The van der Waals surface area contributed by atoms with Crippen LogP contribution < -0.4 is 20.7 Å². The molecular formula is C28H28FN5O4. The molecule has 4 aromatic rings. The standard InChI is InChI=1S/C28H28FN5O4/c1-16(14-37-15-18-6-4-3-5-7-18)34(28(35)36)23-11-19-10-20(24(29)25(30)22(19)13-32-23)21-12-33-27-26(17(21)2)31-8-9-38-27/h3-7,10-13,16,31H,8-9,14-15,30H2,1-2H3,(H,35,36). The molecule has 0 fully saturated rings. The van der Waals surface area contributed by atoms with E-state index in [1.807, 2.05) is 37.3 Å². The highest BCUT2D eigenvalue weighted by Gasteiger charge is 2.25. The lowest BCUT2D eigenvalue weighted by Crippen LogP contribution is -2.41. The number of nitrogens with two attached hydrogens (primary N) is 1. The van der Waals surface area contributed by atoms with Gasteiger partial charge in [0.1, 0.15) is 18.1 Å². The lowest BCUT2D eigenvalue weighted by atomic mass is 9.97. The molecule has 1 amide bonds. The molecular weight excluding hydrogens is 489 g/mol. The predicted octanol–water partition coefficient (Wildman–Crippen LogP) is 5.22. The minimum absolute atomic E-state index is 0.0704. The number of anilines is 3. The highest BCUT2D eigenvalue weighted by Crippen LogP contribution is 2.39. The molecule has 5 rings (SSSR count). The topological polar surface area (TPSA) is 123 Å². The van der Waals surface area contributed by atoms with Crippen molar-refractivity contribution in [2.45, 2.75) is 26.5 Å². The molecule has 196 valence electrons. The Labute approximate surface area is 219 Å². The van der Waals surface area contributed by atoms with Crippen LogP contribution in [0, 0.1) is 12.7 Å². The number of hydrogen-bond acceptors (Lipinski definition) is 7. The van der Waals surface area contributed by atoms with Gasteiger partial charge in [0, 0.05) is 35.5 Å². The van der Waals surface area contributed by atoms with Crippen molar-refractivity contribution in [1.29, 1.82) is 0 Å². The number of amides is 1. The summed E-state index contributed by atoms with van der Waals surface area (Å²) in [5.74, 6) is 0.0678. The fourth-order valence-electron chi connectivity index (χ4n) is 4.61. The van der Waals surface area contributed by atoms with Gasteiger partial charge in [-0.15, -0.1) is 0 Å². The number of halogens is 1. The monoisotopic (exact) mass is 517 g/mol. The number of benzene rings is 2. The van der Waals surface area contributed by atoms with Gasteiger partial charge in [-0.1, -0.05) is 30.3 Å². The maximum atomic E-state index is 15.5. The number of aromatic nitrogens is 2. The van der Waals surface area contributed by atoms with Crippen LogP contribution >= 0.6 is 0 Å². The van der Waals surface area contributed by atoms with Crippen molar-refractivity contribution >= 4 is 34.1 Å². The van der Waals surface area contributed by atoms with Crippen LogP contribution in [0.3, 0.4) is 0 Å². The fraction of sp³-hybridized carbons (Fsp3) is 0.250. The first-order chi connectivity index (χ1) is 18.3. The number of nitrogens with zero attached hydrogens (tertiary/aromatic N) is 3. The molecule has 1 atom stereocenters. The average molecular weight is 518 g/mol. The van der Waals surface area contributed by atoms with Crippen LogP contribution in [-0.2, 0) is 11.3 Å². The minimum Gasteiger partial charge on any atom is -0.474 e. The SMILES string of the molecule is Cc1c(-c2cc3cc(N(C(=O)O)C(C)COCc4ccccc4)ncc3c(N)c2F)cnc2c1NCCO2. The molecule has 1 aliphatic rings. The number of carboxylic acid groups (broad SMARTS) is 1. The Morgan fingerprint density at radius 3 is 2.79 bits per heavy atom. The molecule has 2 aromatic heterocycles. The van der Waals surface area contributed by atoms with Crippen molar-refractivity contribution in [3.63, 3.8) is 0 Å². The number of carbonyl (C=O) groups is 1. The van der Waals surface area contributed by atoms with Gasteiger partial charge in [-0.3, -0.25) is 4.90 Å². The van der Waals surface area contributed by atoms with Gasteiger partial charge in [0.15, 0.2) is 5.82 Å². The van der Waals surface area contributed by atoms with E-state index in [0.29, 0.717) is 47.7 Å². The molecule has 10 heteroatoms. The smallest absolute Gasteiger partial charge is 0.413 e.